The molecule has 0 N–H and O–H groups in total. The molecule has 68 valence electrons. The van der Waals surface area contributed by atoms with Crippen LogP contribution in [0.3, 0.4) is 0 Å². The van der Waals surface area contributed by atoms with Crippen LogP contribution >= 0.6 is 39.1 Å². The summed E-state index contributed by atoms with van der Waals surface area (Å²) < 4.78 is 54.6. The molecule has 0 nitrogen and oxygen atoms in total. The lowest BCUT2D eigenvalue weighted by molar-refractivity contribution is -0.171. The van der Waals surface area contributed by atoms with E-state index < -0.39 is 15.3 Å². The Hall–Kier alpha value is 0.710. The molecule has 0 saturated carbocycles. The van der Waals surface area contributed by atoms with E-state index in [1.807, 2.05) is 0 Å². The first-order valence-corrected chi connectivity index (χ1v) is 3.56. The van der Waals surface area contributed by atoms with E-state index in [4.69, 9.17) is 0 Å². The first-order valence-electron chi connectivity index (χ1n) is 2.01. The maximum absolute atomic E-state index is 11.9. The summed E-state index contributed by atoms with van der Waals surface area (Å²) in [6, 6.07) is 0. The van der Waals surface area contributed by atoms with Gasteiger partial charge < -0.3 is 0 Å². The summed E-state index contributed by atoms with van der Waals surface area (Å²) in [5, 5.41) is -4.59. The molecule has 0 heterocycles. The highest BCUT2D eigenvalue weighted by molar-refractivity contribution is 9.10. The summed E-state index contributed by atoms with van der Waals surface area (Å²) in [4.78, 5) is 0. The molecule has 0 aliphatic heterocycles. The second kappa shape index (κ2) is 2.88. The molecule has 0 aliphatic carbocycles. The van der Waals surface area contributed by atoms with Gasteiger partial charge in [-0.25, -0.2) is 0 Å². The smallest absolute Gasteiger partial charge is 0.185 e. The van der Waals surface area contributed by atoms with Crippen molar-refractivity contribution in [3.63, 3.8) is 0 Å². The summed E-state index contributed by atoms with van der Waals surface area (Å²) in [5.41, 5.74) is 0. The van der Waals surface area contributed by atoms with Crippen LogP contribution in [0.15, 0.2) is 0 Å². The number of hydrogen-bond acceptors (Lipinski definition) is 0. The summed E-state index contributed by atoms with van der Waals surface area (Å²) >= 11 is 10.1. The number of hydrogen-bond donors (Lipinski definition) is 0. The Morgan fingerprint density at radius 1 is 0.909 bits per heavy atom. The van der Waals surface area contributed by atoms with Gasteiger partial charge in [0.15, 0.2) is 0 Å². The third kappa shape index (κ3) is 2.32. The second-order valence-electron chi connectivity index (χ2n) is 1.57. The average molecular weight is 282 g/mol. The average Bonchev–Trinajstić information content (AvgIpc) is 1.58. The van der Waals surface area contributed by atoms with Crippen molar-refractivity contribution >= 4 is 39.1 Å². The van der Waals surface area contributed by atoms with Crippen LogP contribution in [0.2, 0.25) is 0 Å². The van der Waals surface area contributed by atoms with Crippen molar-refractivity contribution in [2.45, 2.75) is 15.3 Å². The van der Waals surface area contributed by atoms with Gasteiger partial charge in [0.25, 0.3) is 3.78 Å². The van der Waals surface area contributed by atoms with Crippen LogP contribution in [0, 0.1) is 0 Å². The SMILES string of the molecule is FC(F)(F)C(Cl)(Br)C(F)(F)Cl. The van der Waals surface area contributed by atoms with Crippen LogP contribution in [-0.2, 0) is 0 Å². The molecule has 0 spiro atoms. The summed E-state index contributed by atoms with van der Waals surface area (Å²) in [6.07, 6.45) is -5.32. The fourth-order valence-electron chi connectivity index (χ4n) is 0.161. The van der Waals surface area contributed by atoms with E-state index in [0.29, 0.717) is 0 Å². The lowest BCUT2D eigenvalue weighted by Gasteiger charge is -2.26. The van der Waals surface area contributed by atoms with Crippen molar-refractivity contribution in [3.8, 4) is 0 Å². The molecule has 0 bridgehead atoms. The molecule has 0 aliphatic rings. The largest absolute Gasteiger partial charge is 0.424 e. The molecule has 0 fully saturated rings. The number of halogens is 8. The van der Waals surface area contributed by atoms with Crippen molar-refractivity contribution in [3.05, 3.63) is 0 Å². The van der Waals surface area contributed by atoms with E-state index in [9.17, 15) is 22.0 Å². The van der Waals surface area contributed by atoms with Crippen molar-refractivity contribution < 1.29 is 22.0 Å². The van der Waals surface area contributed by atoms with Crippen LogP contribution in [0.5, 0.6) is 0 Å². The van der Waals surface area contributed by atoms with E-state index in [1.165, 1.54) is 0 Å². The standard InChI is InChI=1S/C3BrCl2F5/c4-1(5,2(6,7)8)3(9,10)11. The number of alkyl halides is 8. The highest BCUT2D eigenvalue weighted by Crippen LogP contribution is 2.53. The van der Waals surface area contributed by atoms with E-state index in [1.54, 1.807) is 15.9 Å². The van der Waals surface area contributed by atoms with Crippen LogP contribution in [0.25, 0.3) is 0 Å². The third-order valence-electron chi connectivity index (χ3n) is 0.712. The molecule has 0 rings (SSSR count). The van der Waals surface area contributed by atoms with Crippen molar-refractivity contribution in [1.29, 1.82) is 0 Å². The van der Waals surface area contributed by atoms with Gasteiger partial charge in [0.2, 0.25) is 0 Å². The Morgan fingerprint density at radius 2 is 1.18 bits per heavy atom. The molecule has 0 amide bonds. The fraction of sp³-hybridized carbons (Fsp3) is 1.00. The molecule has 1 unspecified atom stereocenters. The topological polar surface area (TPSA) is 0 Å². The Bertz CT molecular complexity index is 131. The van der Waals surface area contributed by atoms with E-state index in [2.05, 4.69) is 23.2 Å². The minimum atomic E-state index is -5.32. The molecular formula is C3BrCl2F5. The first-order chi connectivity index (χ1) is 4.50. The first kappa shape index (κ1) is 11.7. The maximum Gasteiger partial charge on any atom is 0.424 e. The van der Waals surface area contributed by atoms with Gasteiger partial charge in [0.05, 0.1) is 0 Å². The molecule has 0 saturated heterocycles. The highest BCUT2D eigenvalue weighted by atomic mass is 79.9. The zero-order valence-electron chi connectivity index (χ0n) is 4.52. The van der Waals surface area contributed by atoms with Gasteiger partial charge in [0, 0.05) is 0 Å². The van der Waals surface area contributed by atoms with Crippen LogP contribution in [0.4, 0.5) is 22.0 Å². The monoisotopic (exact) mass is 280 g/mol. The van der Waals surface area contributed by atoms with Crippen molar-refractivity contribution in [2.24, 2.45) is 0 Å². The van der Waals surface area contributed by atoms with Crippen molar-refractivity contribution in [2.75, 3.05) is 0 Å². The number of rotatable bonds is 1. The predicted octanol–water partition coefficient (Wildman–Crippen LogP) is 3.71. The summed E-state index contributed by atoms with van der Waals surface area (Å²) in [7, 11) is 0. The van der Waals surface area contributed by atoms with Crippen LogP contribution in [0.1, 0.15) is 0 Å². The molecular weight excluding hydrogens is 282 g/mol. The predicted molar refractivity (Wildman–Crippen MR) is 34.4 cm³/mol. The zero-order valence-corrected chi connectivity index (χ0v) is 7.62. The quantitative estimate of drug-likeness (QED) is 0.508. The molecule has 0 radical (unpaired) electrons. The molecule has 0 aromatic heterocycles. The van der Waals surface area contributed by atoms with Gasteiger partial charge >= 0.3 is 11.6 Å². The fourth-order valence-corrected chi connectivity index (χ4v) is 0.268. The Labute approximate surface area is 76.8 Å². The van der Waals surface area contributed by atoms with Gasteiger partial charge in [-0.15, -0.1) is 0 Å². The lowest BCUT2D eigenvalue weighted by Crippen LogP contribution is -2.46. The lowest BCUT2D eigenvalue weighted by atomic mass is 10.4. The minimum Gasteiger partial charge on any atom is -0.185 e. The maximum atomic E-state index is 11.9. The molecule has 8 heteroatoms. The van der Waals surface area contributed by atoms with Gasteiger partial charge in [-0.3, -0.25) is 0 Å². The summed E-state index contributed by atoms with van der Waals surface area (Å²) in [5.74, 6) is 0. The third-order valence-corrected chi connectivity index (χ3v) is 2.72. The zero-order chi connectivity index (χ0) is 9.50. The normalized spacial score (nSPS) is 19.6. The van der Waals surface area contributed by atoms with Crippen molar-refractivity contribution in [1.82, 2.24) is 0 Å². The second-order valence-corrected chi connectivity index (χ2v) is 4.26. The Balaban J connectivity index is 4.75. The highest BCUT2D eigenvalue weighted by Gasteiger charge is 2.67. The Kier molecular flexibility index (Phi) is 3.07. The van der Waals surface area contributed by atoms with E-state index in [-0.39, 0.29) is 0 Å². The molecule has 11 heavy (non-hydrogen) atoms. The molecule has 0 aromatic carbocycles. The van der Waals surface area contributed by atoms with Gasteiger partial charge in [-0.2, -0.15) is 22.0 Å². The van der Waals surface area contributed by atoms with Crippen LogP contribution < -0.4 is 0 Å². The van der Waals surface area contributed by atoms with Gasteiger partial charge in [-0.1, -0.05) is 11.6 Å². The molecule has 0 aromatic rings. The van der Waals surface area contributed by atoms with Crippen LogP contribution in [-0.4, -0.2) is 15.3 Å². The van der Waals surface area contributed by atoms with E-state index in [0.717, 1.165) is 0 Å². The molecule has 1 atom stereocenters. The van der Waals surface area contributed by atoms with Gasteiger partial charge in [-0.05, 0) is 27.5 Å². The Morgan fingerprint density at radius 3 is 1.18 bits per heavy atom. The van der Waals surface area contributed by atoms with Gasteiger partial charge in [0.1, 0.15) is 0 Å². The minimum absolute atomic E-state index is 1.58. The summed E-state index contributed by atoms with van der Waals surface area (Å²) in [6.45, 7) is 0. The van der Waals surface area contributed by atoms with E-state index >= 15 is 0 Å².